The summed E-state index contributed by atoms with van der Waals surface area (Å²) in [5.41, 5.74) is 10.3. The lowest BCUT2D eigenvalue weighted by atomic mass is 9.88. The van der Waals surface area contributed by atoms with Crippen LogP contribution in [0, 0.1) is 0 Å². The van der Waals surface area contributed by atoms with Crippen LogP contribution in [0.3, 0.4) is 0 Å². The van der Waals surface area contributed by atoms with Crippen LogP contribution < -0.4 is 15.2 Å². The standard InChI is InChI=1S/C27H24Cl2N2O4S/c1-34-24-12-17-10-11-31-23(21(17)15-25(24)35-2)14-22(16-6-8-18(28)9-7-16)26(27(31)30)36(32,33)20-5-3-4-19(29)13-20/h3-9,12-15,22H,10-11,30H2,1-2H3. The first-order valence-corrected chi connectivity index (χ1v) is 13.5. The van der Waals surface area contributed by atoms with Gasteiger partial charge in [0.15, 0.2) is 11.5 Å². The van der Waals surface area contributed by atoms with E-state index in [0.717, 1.165) is 22.4 Å². The van der Waals surface area contributed by atoms with Crippen molar-refractivity contribution >= 4 is 38.7 Å². The van der Waals surface area contributed by atoms with Crippen molar-refractivity contribution in [3.63, 3.8) is 0 Å². The lowest BCUT2D eigenvalue weighted by Crippen LogP contribution is -2.38. The van der Waals surface area contributed by atoms with Crippen molar-refractivity contribution < 1.29 is 17.9 Å². The second-order valence-electron chi connectivity index (χ2n) is 8.56. The number of allylic oxidation sites excluding steroid dienone is 2. The molecule has 3 aromatic carbocycles. The van der Waals surface area contributed by atoms with E-state index in [1.165, 1.54) is 12.1 Å². The summed E-state index contributed by atoms with van der Waals surface area (Å²) in [5.74, 6) is 0.773. The Bertz CT molecular complexity index is 1520. The number of methoxy groups -OCH3 is 2. The molecule has 3 aromatic rings. The van der Waals surface area contributed by atoms with E-state index < -0.39 is 15.8 Å². The predicted octanol–water partition coefficient (Wildman–Crippen LogP) is 5.61. The van der Waals surface area contributed by atoms with Crippen molar-refractivity contribution in [3.05, 3.63) is 104 Å². The minimum Gasteiger partial charge on any atom is -0.493 e. The summed E-state index contributed by atoms with van der Waals surface area (Å²) < 4.78 is 39.0. The topological polar surface area (TPSA) is 81.9 Å². The van der Waals surface area contributed by atoms with Gasteiger partial charge in [-0.05, 0) is 66.1 Å². The Balaban J connectivity index is 1.73. The molecule has 6 nitrogen and oxygen atoms in total. The molecule has 36 heavy (non-hydrogen) atoms. The Labute approximate surface area is 220 Å². The molecular weight excluding hydrogens is 519 g/mol. The first-order valence-electron chi connectivity index (χ1n) is 11.2. The van der Waals surface area contributed by atoms with Gasteiger partial charge in [0.25, 0.3) is 0 Å². The smallest absolute Gasteiger partial charge is 0.207 e. The fourth-order valence-corrected chi connectivity index (χ4v) is 6.90. The molecule has 0 saturated carbocycles. The lowest BCUT2D eigenvalue weighted by Gasteiger charge is -2.39. The Morgan fingerprint density at radius 1 is 0.944 bits per heavy atom. The number of sulfone groups is 1. The van der Waals surface area contributed by atoms with Gasteiger partial charge in [0.2, 0.25) is 9.84 Å². The zero-order valence-corrected chi connectivity index (χ0v) is 22.0. The Hall–Kier alpha value is -3.13. The average molecular weight is 543 g/mol. The van der Waals surface area contributed by atoms with Crippen LogP contribution in [0.1, 0.15) is 22.6 Å². The van der Waals surface area contributed by atoms with Gasteiger partial charge < -0.3 is 20.1 Å². The molecule has 5 rings (SSSR count). The largest absolute Gasteiger partial charge is 0.493 e. The van der Waals surface area contributed by atoms with Crippen LogP contribution in [0.2, 0.25) is 10.0 Å². The van der Waals surface area contributed by atoms with E-state index in [1.807, 2.05) is 35.2 Å². The van der Waals surface area contributed by atoms with Crippen molar-refractivity contribution in [2.24, 2.45) is 5.73 Å². The zero-order chi connectivity index (χ0) is 25.6. The quantitative estimate of drug-likeness (QED) is 0.451. The van der Waals surface area contributed by atoms with Crippen LogP contribution in [-0.2, 0) is 16.3 Å². The zero-order valence-electron chi connectivity index (χ0n) is 19.7. The van der Waals surface area contributed by atoms with Gasteiger partial charge in [-0.2, -0.15) is 0 Å². The molecule has 0 radical (unpaired) electrons. The fourth-order valence-electron chi connectivity index (χ4n) is 4.80. The monoisotopic (exact) mass is 542 g/mol. The first-order chi connectivity index (χ1) is 17.2. The summed E-state index contributed by atoms with van der Waals surface area (Å²) in [5, 5.41) is 0.887. The van der Waals surface area contributed by atoms with Crippen molar-refractivity contribution in [2.75, 3.05) is 20.8 Å². The average Bonchev–Trinajstić information content (AvgIpc) is 2.87. The van der Waals surface area contributed by atoms with Crippen LogP contribution in [0.4, 0.5) is 0 Å². The highest BCUT2D eigenvalue weighted by Crippen LogP contribution is 2.46. The molecule has 186 valence electrons. The maximum atomic E-state index is 14.0. The molecule has 1 unspecified atom stereocenters. The molecule has 0 aliphatic carbocycles. The van der Waals surface area contributed by atoms with Crippen molar-refractivity contribution in [1.29, 1.82) is 0 Å². The number of hydrogen-bond donors (Lipinski definition) is 1. The number of hydrogen-bond acceptors (Lipinski definition) is 6. The molecule has 1 atom stereocenters. The van der Waals surface area contributed by atoms with Gasteiger partial charge in [0, 0.05) is 33.8 Å². The van der Waals surface area contributed by atoms with Gasteiger partial charge in [-0.1, -0.05) is 41.4 Å². The molecule has 9 heteroatoms. The Morgan fingerprint density at radius 3 is 2.31 bits per heavy atom. The summed E-state index contributed by atoms with van der Waals surface area (Å²) in [4.78, 5) is 2.06. The van der Waals surface area contributed by atoms with Crippen LogP contribution in [0.25, 0.3) is 5.70 Å². The van der Waals surface area contributed by atoms with Gasteiger partial charge in [-0.3, -0.25) is 0 Å². The number of fused-ring (bicyclic) bond motifs is 3. The Kier molecular flexibility index (Phi) is 6.41. The van der Waals surface area contributed by atoms with Crippen LogP contribution in [0.5, 0.6) is 11.5 Å². The highest BCUT2D eigenvalue weighted by molar-refractivity contribution is 7.95. The van der Waals surface area contributed by atoms with Gasteiger partial charge >= 0.3 is 0 Å². The lowest BCUT2D eigenvalue weighted by molar-refractivity contribution is 0.353. The van der Waals surface area contributed by atoms with Crippen LogP contribution in [-0.4, -0.2) is 34.1 Å². The SMILES string of the molecule is COc1cc2c(cc1OC)C1=CC(c3ccc(Cl)cc3)C(S(=O)(=O)c3cccc(Cl)c3)=C(N)N1CC2. The van der Waals surface area contributed by atoms with Crippen LogP contribution >= 0.6 is 23.2 Å². The molecule has 2 aliphatic rings. The second-order valence-corrected chi connectivity index (χ2v) is 11.3. The molecule has 2 N–H and O–H groups in total. The van der Waals surface area contributed by atoms with Crippen molar-refractivity contribution in [1.82, 2.24) is 4.90 Å². The van der Waals surface area contributed by atoms with E-state index in [4.69, 9.17) is 38.4 Å². The minimum atomic E-state index is -3.99. The van der Waals surface area contributed by atoms with E-state index in [1.54, 1.807) is 38.5 Å². The molecule has 0 bridgehead atoms. The second kappa shape index (κ2) is 9.39. The number of ether oxygens (including phenoxy) is 2. The molecule has 2 heterocycles. The number of nitrogens with zero attached hydrogens (tertiary/aromatic N) is 1. The maximum absolute atomic E-state index is 14.0. The third-order valence-electron chi connectivity index (χ3n) is 6.56. The summed E-state index contributed by atoms with van der Waals surface area (Å²) in [6.45, 7) is 0.516. The van der Waals surface area contributed by atoms with Crippen molar-refractivity contribution in [2.45, 2.75) is 17.2 Å². The summed E-state index contributed by atoms with van der Waals surface area (Å²) >= 11 is 12.3. The molecule has 0 spiro atoms. The fraction of sp³-hybridized carbons (Fsp3) is 0.185. The van der Waals surface area contributed by atoms with Gasteiger partial charge in [0.1, 0.15) is 10.7 Å². The molecule has 0 aromatic heterocycles. The number of nitrogens with two attached hydrogens (primary N) is 1. The maximum Gasteiger partial charge on any atom is 0.207 e. The van der Waals surface area contributed by atoms with E-state index >= 15 is 0 Å². The molecule has 0 fully saturated rings. The summed E-state index contributed by atoms with van der Waals surface area (Å²) in [7, 11) is -0.802. The third kappa shape index (κ3) is 4.11. The van der Waals surface area contributed by atoms with Gasteiger partial charge in [-0.25, -0.2) is 8.42 Å². The molecular formula is C27H24Cl2N2O4S. The van der Waals surface area contributed by atoms with E-state index in [-0.39, 0.29) is 15.6 Å². The summed E-state index contributed by atoms with van der Waals surface area (Å²) in [6.07, 6.45) is 2.60. The summed E-state index contributed by atoms with van der Waals surface area (Å²) in [6, 6.07) is 17.2. The van der Waals surface area contributed by atoms with E-state index in [0.29, 0.717) is 34.5 Å². The van der Waals surface area contributed by atoms with E-state index in [2.05, 4.69) is 0 Å². The molecule has 0 saturated heterocycles. The highest BCUT2D eigenvalue weighted by atomic mass is 35.5. The molecule has 0 amide bonds. The number of halogens is 2. The third-order valence-corrected chi connectivity index (χ3v) is 8.96. The Morgan fingerprint density at radius 2 is 1.64 bits per heavy atom. The number of benzene rings is 3. The highest BCUT2D eigenvalue weighted by Gasteiger charge is 2.39. The van der Waals surface area contributed by atoms with E-state index in [9.17, 15) is 8.42 Å². The van der Waals surface area contributed by atoms with Crippen molar-refractivity contribution in [3.8, 4) is 11.5 Å². The number of rotatable bonds is 5. The predicted molar refractivity (Wildman–Crippen MR) is 142 cm³/mol. The van der Waals surface area contributed by atoms with Gasteiger partial charge in [0.05, 0.1) is 19.1 Å². The normalized spacial score (nSPS) is 17.3. The minimum absolute atomic E-state index is 0.0904. The van der Waals surface area contributed by atoms with Gasteiger partial charge in [-0.15, -0.1) is 0 Å². The first kappa shape index (κ1) is 24.6. The molecule has 2 aliphatic heterocycles. The van der Waals surface area contributed by atoms with Crippen LogP contribution in [0.15, 0.2) is 82.4 Å².